The molecule has 0 amide bonds. The van der Waals surface area contributed by atoms with E-state index in [1.165, 1.54) is 27.7 Å². The molecule has 0 aliphatic carbocycles. The summed E-state index contributed by atoms with van der Waals surface area (Å²) < 4.78 is 2.36. The molecule has 26 heavy (non-hydrogen) atoms. The van der Waals surface area contributed by atoms with Gasteiger partial charge in [0.25, 0.3) is 0 Å². The summed E-state index contributed by atoms with van der Waals surface area (Å²) in [5.41, 5.74) is 7.71. The number of fused-ring (bicyclic) bond motifs is 3. The maximum atomic E-state index is 6.21. The summed E-state index contributed by atoms with van der Waals surface area (Å²) in [5.74, 6) is 0. The van der Waals surface area contributed by atoms with Crippen LogP contribution in [0.3, 0.4) is 0 Å². The van der Waals surface area contributed by atoms with Crippen molar-refractivity contribution < 1.29 is 0 Å². The van der Waals surface area contributed by atoms with Crippen molar-refractivity contribution in [3.05, 3.63) is 68.8 Å². The van der Waals surface area contributed by atoms with Crippen molar-refractivity contribution in [3.8, 4) is 0 Å². The first-order valence-electron chi connectivity index (χ1n) is 8.88. The van der Waals surface area contributed by atoms with Gasteiger partial charge in [0.2, 0.25) is 0 Å². The van der Waals surface area contributed by atoms with Gasteiger partial charge >= 0.3 is 0 Å². The number of aryl methyl sites for hydroxylation is 1. The molecule has 0 N–H and O–H groups in total. The van der Waals surface area contributed by atoms with Crippen LogP contribution >= 0.6 is 23.2 Å². The molecule has 2 heterocycles. The van der Waals surface area contributed by atoms with Gasteiger partial charge in [0.05, 0.1) is 15.6 Å². The number of halogens is 2. The molecule has 0 bridgehead atoms. The highest BCUT2D eigenvalue weighted by Gasteiger charge is 2.21. The third kappa shape index (κ3) is 3.07. The molecule has 1 aromatic heterocycles. The Kier molecular flexibility index (Phi) is 4.60. The van der Waals surface area contributed by atoms with Gasteiger partial charge in [-0.2, -0.15) is 0 Å². The minimum atomic E-state index is 0.587. The van der Waals surface area contributed by atoms with Gasteiger partial charge in [0, 0.05) is 30.4 Å². The second-order valence-electron chi connectivity index (χ2n) is 7.24. The SMILES string of the molecule is C/C(=C\n1c2c(c3cc(C)ccc31)CCN(C)C2)c1ccc(Cl)c(Cl)c1. The predicted molar refractivity (Wildman–Crippen MR) is 113 cm³/mol. The van der Waals surface area contributed by atoms with Crippen molar-refractivity contribution in [1.29, 1.82) is 0 Å². The summed E-state index contributed by atoms with van der Waals surface area (Å²) in [4.78, 5) is 2.38. The normalized spacial score (nSPS) is 15.5. The zero-order chi connectivity index (χ0) is 18.4. The predicted octanol–water partition coefficient (Wildman–Crippen LogP) is 6.26. The van der Waals surface area contributed by atoms with E-state index in [1.54, 1.807) is 0 Å². The van der Waals surface area contributed by atoms with Crippen LogP contribution in [0, 0.1) is 6.92 Å². The lowest BCUT2D eigenvalue weighted by molar-refractivity contribution is 0.308. The Hall–Kier alpha value is -1.74. The van der Waals surface area contributed by atoms with Crippen molar-refractivity contribution in [2.75, 3.05) is 13.6 Å². The minimum Gasteiger partial charge on any atom is -0.318 e. The number of nitrogens with zero attached hydrogens (tertiary/aromatic N) is 2. The van der Waals surface area contributed by atoms with E-state index in [2.05, 4.69) is 54.8 Å². The van der Waals surface area contributed by atoms with Crippen LogP contribution in [0.5, 0.6) is 0 Å². The molecule has 0 fully saturated rings. The van der Waals surface area contributed by atoms with E-state index in [0.717, 1.165) is 30.6 Å². The molecule has 4 heteroatoms. The van der Waals surface area contributed by atoms with Crippen LogP contribution in [0.15, 0.2) is 36.4 Å². The Balaban J connectivity index is 1.90. The number of likely N-dealkylation sites (N-methyl/N-ethyl adjacent to an activating group) is 1. The second kappa shape index (κ2) is 6.77. The molecule has 0 saturated heterocycles. The molecule has 1 aliphatic rings. The largest absolute Gasteiger partial charge is 0.318 e. The van der Waals surface area contributed by atoms with Crippen LogP contribution in [-0.2, 0) is 13.0 Å². The van der Waals surface area contributed by atoms with Gasteiger partial charge < -0.3 is 9.47 Å². The fourth-order valence-electron chi connectivity index (χ4n) is 3.79. The van der Waals surface area contributed by atoms with Crippen molar-refractivity contribution in [2.24, 2.45) is 0 Å². The lowest BCUT2D eigenvalue weighted by Gasteiger charge is -2.24. The number of aromatic nitrogens is 1. The number of hydrogen-bond acceptors (Lipinski definition) is 1. The summed E-state index contributed by atoms with van der Waals surface area (Å²) in [7, 11) is 2.19. The zero-order valence-corrected chi connectivity index (χ0v) is 16.8. The number of allylic oxidation sites excluding steroid dienone is 1. The number of rotatable bonds is 2. The third-order valence-electron chi connectivity index (χ3n) is 5.24. The Labute approximate surface area is 164 Å². The molecule has 0 saturated carbocycles. The fourth-order valence-corrected chi connectivity index (χ4v) is 4.09. The van der Waals surface area contributed by atoms with Crippen LogP contribution in [0.25, 0.3) is 22.7 Å². The Bertz CT molecular complexity index is 1030. The number of benzene rings is 2. The van der Waals surface area contributed by atoms with E-state index in [1.807, 2.05) is 18.2 Å². The molecular formula is C22H22Cl2N2. The van der Waals surface area contributed by atoms with Gasteiger partial charge in [0.15, 0.2) is 0 Å². The quantitative estimate of drug-likeness (QED) is 0.505. The fraction of sp³-hybridized carbons (Fsp3) is 0.273. The number of hydrogen-bond donors (Lipinski definition) is 0. The molecule has 3 aromatic rings. The summed E-state index contributed by atoms with van der Waals surface area (Å²) in [6.07, 6.45) is 3.33. The first-order valence-corrected chi connectivity index (χ1v) is 9.64. The minimum absolute atomic E-state index is 0.587. The van der Waals surface area contributed by atoms with Gasteiger partial charge in [-0.05, 0) is 68.3 Å². The van der Waals surface area contributed by atoms with Gasteiger partial charge in [-0.25, -0.2) is 0 Å². The topological polar surface area (TPSA) is 8.17 Å². The first-order chi connectivity index (χ1) is 12.4. The Morgan fingerprint density at radius 3 is 2.65 bits per heavy atom. The van der Waals surface area contributed by atoms with Crippen LogP contribution < -0.4 is 0 Å². The molecular weight excluding hydrogens is 363 g/mol. The van der Waals surface area contributed by atoms with Gasteiger partial charge in [-0.3, -0.25) is 0 Å². The lowest BCUT2D eigenvalue weighted by atomic mass is 10.0. The highest BCUT2D eigenvalue weighted by atomic mass is 35.5. The summed E-state index contributed by atoms with van der Waals surface area (Å²) in [5, 5.41) is 2.56. The third-order valence-corrected chi connectivity index (χ3v) is 5.98. The Morgan fingerprint density at radius 2 is 1.88 bits per heavy atom. The highest BCUT2D eigenvalue weighted by molar-refractivity contribution is 6.42. The van der Waals surface area contributed by atoms with E-state index in [4.69, 9.17) is 23.2 Å². The highest BCUT2D eigenvalue weighted by Crippen LogP contribution is 2.33. The van der Waals surface area contributed by atoms with Crippen LogP contribution in [0.1, 0.15) is 29.3 Å². The molecule has 2 nitrogen and oxygen atoms in total. The van der Waals surface area contributed by atoms with E-state index in [9.17, 15) is 0 Å². The van der Waals surface area contributed by atoms with Crippen molar-refractivity contribution in [2.45, 2.75) is 26.8 Å². The molecule has 0 radical (unpaired) electrons. The lowest BCUT2D eigenvalue weighted by Crippen LogP contribution is -2.27. The molecule has 1 aliphatic heterocycles. The average Bonchev–Trinajstić information content (AvgIpc) is 2.89. The van der Waals surface area contributed by atoms with E-state index >= 15 is 0 Å². The second-order valence-corrected chi connectivity index (χ2v) is 8.06. The summed E-state index contributed by atoms with van der Waals surface area (Å²) >= 11 is 12.3. The smallest absolute Gasteiger partial charge is 0.0598 e. The maximum Gasteiger partial charge on any atom is 0.0598 e. The van der Waals surface area contributed by atoms with E-state index in [-0.39, 0.29) is 0 Å². The van der Waals surface area contributed by atoms with Crippen LogP contribution in [0.2, 0.25) is 10.0 Å². The molecule has 2 aromatic carbocycles. The maximum absolute atomic E-state index is 6.21. The average molecular weight is 385 g/mol. The molecule has 4 rings (SSSR count). The van der Waals surface area contributed by atoms with Crippen LogP contribution in [0.4, 0.5) is 0 Å². The summed E-state index contributed by atoms with van der Waals surface area (Å²) in [6, 6.07) is 12.6. The van der Waals surface area contributed by atoms with Crippen molar-refractivity contribution in [3.63, 3.8) is 0 Å². The van der Waals surface area contributed by atoms with Crippen molar-refractivity contribution in [1.82, 2.24) is 9.47 Å². The zero-order valence-electron chi connectivity index (χ0n) is 15.3. The van der Waals surface area contributed by atoms with Gasteiger partial charge in [-0.15, -0.1) is 0 Å². The van der Waals surface area contributed by atoms with Gasteiger partial charge in [-0.1, -0.05) is 40.9 Å². The monoisotopic (exact) mass is 384 g/mol. The van der Waals surface area contributed by atoms with Crippen LogP contribution in [-0.4, -0.2) is 23.1 Å². The first kappa shape index (κ1) is 17.7. The van der Waals surface area contributed by atoms with Gasteiger partial charge in [0.1, 0.15) is 0 Å². The Morgan fingerprint density at radius 1 is 1.08 bits per heavy atom. The molecule has 0 atom stereocenters. The standard InChI is InChI=1S/C22H22Cl2N2/c1-14-4-7-21-18(10-14)17-8-9-25(3)13-22(17)26(21)12-15(2)16-5-6-19(23)20(24)11-16/h4-7,10-12H,8-9,13H2,1-3H3/b15-12+. The van der Waals surface area contributed by atoms with E-state index < -0.39 is 0 Å². The molecule has 0 spiro atoms. The summed E-state index contributed by atoms with van der Waals surface area (Å²) in [6.45, 7) is 6.36. The molecule has 0 unspecified atom stereocenters. The molecule has 134 valence electrons. The van der Waals surface area contributed by atoms with E-state index in [0.29, 0.717) is 10.0 Å². The van der Waals surface area contributed by atoms with Crippen molar-refractivity contribution >= 4 is 45.9 Å².